The molecule has 1 N–H and O–H groups in total. The number of aromatic amines is 1. The van der Waals surface area contributed by atoms with Gasteiger partial charge < -0.3 is 9.72 Å². The van der Waals surface area contributed by atoms with Crippen molar-refractivity contribution in [2.45, 2.75) is 31.1 Å². The highest BCUT2D eigenvalue weighted by Gasteiger charge is 2.37. The van der Waals surface area contributed by atoms with Crippen LogP contribution in [0.25, 0.3) is 0 Å². The normalized spacial score (nSPS) is 22.4. The molecule has 20 heavy (non-hydrogen) atoms. The van der Waals surface area contributed by atoms with E-state index in [0.717, 1.165) is 23.3 Å². The Balaban J connectivity index is 2.08. The number of ether oxygens (including phenoxy) is 1. The maximum atomic E-state index is 5.95. The zero-order valence-corrected chi connectivity index (χ0v) is 14.2. The molecule has 0 spiro atoms. The number of rotatable bonds is 6. The predicted molar refractivity (Wildman–Crippen MR) is 90.1 cm³/mol. The lowest BCUT2D eigenvalue weighted by molar-refractivity contribution is 0.126. The molecule has 0 aromatic carbocycles. The zero-order chi connectivity index (χ0) is 14.6. The minimum absolute atomic E-state index is 0.424. The molecule has 0 saturated carbocycles. The Morgan fingerprint density at radius 2 is 2.15 bits per heavy atom. The van der Waals surface area contributed by atoms with E-state index in [0.29, 0.717) is 6.61 Å². The molecule has 0 fully saturated rings. The third-order valence-corrected chi connectivity index (χ3v) is 5.63. The average Bonchev–Trinajstić information content (AvgIpc) is 2.90. The van der Waals surface area contributed by atoms with E-state index in [-0.39, 0.29) is 0 Å². The monoisotopic (exact) mass is 306 g/mol. The van der Waals surface area contributed by atoms with Gasteiger partial charge in [0, 0.05) is 31.9 Å². The molecule has 3 nitrogen and oxygen atoms in total. The maximum Gasteiger partial charge on any atom is 0.123 e. The highest BCUT2D eigenvalue weighted by atomic mass is 32.1. The van der Waals surface area contributed by atoms with Gasteiger partial charge in [-0.2, -0.15) is 0 Å². The molecule has 1 unspecified atom stereocenters. The summed E-state index contributed by atoms with van der Waals surface area (Å²) in [6.07, 6.45) is 11.6. The Labute approximate surface area is 127 Å². The third kappa shape index (κ3) is 3.53. The van der Waals surface area contributed by atoms with Crippen molar-refractivity contribution in [1.29, 1.82) is 0 Å². The highest BCUT2D eigenvalue weighted by molar-refractivity contribution is 7.81. The fraction of sp³-hybridized carbons (Fsp3) is 0.467. The minimum atomic E-state index is -1.06. The van der Waals surface area contributed by atoms with Gasteiger partial charge in [0.25, 0.3) is 0 Å². The summed E-state index contributed by atoms with van der Waals surface area (Å²) in [4.78, 5) is 8.42. The van der Waals surface area contributed by atoms with Crippen LogP contribution in [0.1, 0.15) is 5.82 Å². The van der Waals surface area contributed by atoms with Crippen LogP contribution in [0.3, 0.4) is 0 Å². The lowest BCUT2D eigenvalue weighted by Gasteiger charge is -2.30. The standard InChI is InChI=1S/C15H22N2OSSi/c1-20(2,3)11-10-18-12-15(14-16-8-9-17-14)7-5-4-6-13(15)19/h4-9H,10-12H2,1-3H3,(H,16,17). The van der Waals surface area contributed by atoms with Crippen molar-refractivity contribution in [2.75, 3.05) is 13.2 Å². The van der Waals surface area contributed by atoms with Gasteiger partial charge in [0.1, 0.15) is 11.2 Å². The van der Waals surface area contributed by atoms with Crippen molar-refractivity contribution in [3.63, 3.8) is 0 Å². The van der Waals surface area contributed by atoms with Crippen molar-refractivity contribution in [3.8, 4) is 0 Å². The first-order valence-electron chi connectivity index (χ1n) is 6.92. The minimum Gasteiger partial charge on any atom is -0.380 e. The first-order valence-corrected chi connectivity index (χ1v) is 11.0. The van der Waals surface area contributed by atoms with E-state index in [9.17, 15) is 0 Å². The number of nitrogens with one attached hydrogen (secondary N) is 1. The molecule has 0 aliphatic heterocycles. The Morgan fingerprint density at radius 1 is 1.35 bits per heavy atom. The second-order valence-electron chi connectivity index (χ2n) is 6.35. The fourth-order valence-corrected chi connectivity index (χ4v) is 3.16. The Hall–Kier alpha value is -1.04. The molecular weight excluding hydrogens is 284 g/mol. The van der Waals surface area contributed by atoms with Gasteiger partial charge in [-0.15, -0.1) is 0 Å². The largest absolute Gasteiger partial charge is 0.380 e. The predicted octanol–water partition coefficient (Wildman–Crippen LogP) is 3.50. The van der Waals surface area contributed by atoms with Crippen LogP contribution in [0.4, 0.5) is 0 Å². The van der Waals surface area contributed by atoms with Gasteiger partial charge >= 0.3 is 0 Å². The number of aromatic nitrogens is 2. The lowest BCUT2D eigenvalue weighted by Crippen LogP contribution is -2.39. The third-order valence-electron chi connectivity index (χ3n) is 3.43. The van der Waals surface area contributed by atoms with Crippen molar-refractivity contribution >= 4 is 25.2 Å². The summed E-state index contributed by atoms with van der Waals surface area (Å²) in [5.41, 5.74) is -0.424. The molecule has 0 radical (unpaired) electrons. The Kier molecular flexibility index (Phi) is 4.73. The average molecular weight is 307 g/mol. The van der Waals surface area contributed by atoms with Gasteiger partial charge in [0.15, 0.2) is 0 Å². The van der Waals surface area contributed by atoms with Gasteiger partial charge in [0.2, 0.25) is 0 Å². The molecule has 1 aliphatic carbocycles. The quantitative estimate of drug-likeness (QED) is 0.496. The summed E-state index contributed by atoms with van der Waals surface area (Å²) in [5.74, 6) is 0.858. The summed E-state index contributed by atoms with van der Waals surface area (Å²) in [7, 11) is -1.06. The molecule has 5 heteroatoms. The van der Waals surface area contributed by atoms with Gasteiger partial charge in [-0.05, 0) is 12.1 Å². The number of H-pyrrole nitrogens is 1. The first kappa shape index (κ1) is 15.3. The van der Waals surface area contributed by atoms with Gasteiger partial charge in [-0.1, -0.05) is 50.1 Å². The van der Waals surface area contributed by atoms with Crippen LogP contribution in [0, 0.1) is 0 Å². The lowest BCUT2D eigenvalue weighted by atomic mass is 9.81. The van der Waals surface area contributed by atoms with Crippen molar-refractivity contribution in [1.82, 2.24) is 9.97 Å². The molecule has 1 atom stereocenters. The number of hydrogen-bond acceptors (Lipinski definition) is 3. The van der Waals surface area contributed by atoms with Crippen LogP contribution >= 0.6 is 12.2 Å². The molecule has 1 aliphatic rings. The topological polar surface area (TPSA) is 37.9 Å². The van der Waals surface area contributed by atoms with Crippen molar-refractivity contribution < 1.29 is 4.74 Å². The van der Waals surface area contributed by atoms with E-state index >= 15 is 0 Å². The van der Waals surface area contributed by atoms with Crippen LogP contribution in [0.2, 0.25) is 25.7 Å². The summed E-state index contributed by atoms with van der Waals surface area (Å²) >= 11 is 5.54. The van der Waals surface area contributed by atoms with Gasteiger partial charge in [0.05, 0.1) is 6.61 Å². The molecule has 108 valence electrons. The second kappa shape index (κ2) is 6.16. The summed E-state index contributed by atoms with van der Waals surface area (Å²) in [6, 6.07) is 1.16. The van der Waals surface area contributed by atoms with E-state index in [1.165, 1.54) is 0 Å². The number of thiocarbonyl (C=S) groups is 1. The summed E-state index contributed by atoms with van der Waals surface area (Å²) < 4.78 is 5.95. The summed E-state index contributed by atoms with van der Waals surface area (Å²) in [5, 5.41) is 0. The number of nitrogens with zero attached hydrogens (tertiary/aromatic N) is 1. The molecule has 1 aromatic heterocycles. The first-order chi connectivity index (χ1) is 9.44. The fourth-order valence-electron chi connectivity index (χ4n) is 2.10. The van der Waals surface area contributed by atoms with E-state index in [2.05, 4.69) is 35.7 Å². The van der Waals surface area contributed by atoms with Crippen LogP contribution in [-0.4, -0.2) is 36.1 Å². The molecule has 0 bridgehead atoms. The van der Waals surface area contributed by atoms with Crippen molar-refractivity contribution in [2.24, 2.45) is 0 Å². The van der Waals surface area contributed by atoms with E-state index in [4.69, 9.17) is 17.0 Å². The summed E-state index contributed by atoms with van der Waals surface area (Å²) in [6.45, 7) is 8.40. The maximum absolute atomic E-state index is 5.95. The zero-order valence-electron chi connectivity index (χ0n) is 12.3. The van der Waals surface area contributed by atoms with Gasteiger partial charge in [-0.25, -0.2) is 4.98 Å². The van der Waals surface area contributed by atoms with Crippen LogP contribution < -0.4 is 0 Å². The smallest absolute Gasteiger partial charge is 0.123 e. The van der Waals surface area contributed by atoms with Crippen molar-refractivity contribution in [3.05, 3.63) is 42.5 Å². The highest BCUT2D eigenvalue weighted by Crippen LogP contribution is 2.29. The van der Waals surface area contributed by atoms with Crippen LogP contribution in [0.15, 0.2) is 36.7 Å². The number of imidazole rings is 1. The molecule has 2 rings (SSSR count). The Bertz CT molecular complexity index is 516. The van der Waals surface area contributed by atoms with Crippen LogP contribution in [0.5, 0.6) is 0 Å². The van der Waals surface area contributed by atoms with E-state index in [1.54, 1.807) is 6.20 Å². The van der Waals surface area contributed by atoms with Crippen LogP contribution in [-0.2, 0) is 10.2 Å². The molecular formula is C15H22N2OSSi. The van der Waals surface area contributed by atoms with E-state index in [1.807, 2.05) is 24.4 Å². The second-order valence-corrected chi connectivity index (χ2v) is 12.4. The SMILES string of the molecule is C[Si](C)(C)CCOCC1(c2ncc[nH]2)C=CC=CC1=S. The van der Waals surface area contributed by atoms with E-state index < -0.39 is 13.5 Å². The molecule has 0 amide bonds. The molecule has 1 heterocycles. The number of hydrogen-bond donors (Lipinski definition) is 1. The molecule has 0 saturated heterocycles. The Morgan fingerprint density at radius 3 is 2.75 bits per heavy atom. The molecule has 1 aromatic rings. The van der Waals surface area contributed by atoms with Gasteiger partial charge in [-0.3, -0.25) is 0 Å². The number of allylic oxidation sites excluding steroid dienone is 3.